The molecule has 0 saturated carbocycles. The van der Waals surface area contributed by atoms with E-state index in [1.807, 2.05) is 0 Å². The van der Waals surface area contributed by atoms with Crippen molar-refractivity contribution in [2.24, 2.45) is 15.7 Å². The highest BCUT2D eigenvalue weighted by Crippen LogP contribution is 2.29. The Morgan fingerprint density at radius 3 is 2.56 bits per heavy atom. The minimum atomic E-state index is -0.811. The number of hydrogen-bond donors (Lipinski definition) is 2. The molecule has 4 rings (SSSR count). The predicted octanol–water partition coefficient (Wildman–Crippen LogP) is 2.67. The van der Waals surface area contributed by atoms with Gasteiger partial charge < -0.3 is 10.5 Å². The van der Waals surface area contributed by atoms with Crippen molar-refractivity contribution in [1.82, 2.24) is 14.8 Å². The molecule has 4 aromatic rings. The molecule has 0 amide bonds. The number of nitrogens with one attached hydrogen (secondary N) is 1. The van der Waals surface area contributed by atoms with Crippen LogP contribution in [0.1, 0.15) is 5.56 Å². The number of nitrogens with zero attached hydrogens (tertiary/aromatic N) is 6. The van der Waals surface area contributed by atoms with E-state index in [9.17, 15) is 25.0 Å². The Morgan fingerprint density at radius 2 is 1.94 bits per heavy atom. The number of aromatic amines is 1. The number of H-pyrrole nitrogens is 1. The van der Waals surface area contributed by atoms with Crippen LogP contribution < -0.4 is 16.0 Å². The van der Waals surface area contributed by atoms with Gasteiger partial charge in [-0.05, 0) is 35.9 Å². The maximum absolute atomic E-state index is 12.8. The van der Waals surface area contributed by atoms with Crippen LogP contribution in [-0.4, -0.2) is 43.9 Å². The predicted molar refractivity (Wildman–Crippen MR) is 125 cm³/mol. The van der Waals surface area contributed by atoms with E-state index in [-0.39, 0.29) is 27.1 Å². The Labute approximate surface area is 193 Å². The highest BCUT2D eigenvalue weighted by Gasteiger charge is 2.24. The van der Waals surface area contributed by atoms with Gasteiger partial charge in [-0.3, -0.25) is 30.1 Å². The first kappa shape index (κ1) is 22.3. The monoisotopic (exact) mass is 482 g/mol. The highest BCUT2D eigenvalue weighted by atomic mass is 32.1. The molecule has 34 heavy (non-hydrogen) atoms. The third kappa shape index (κ3) is 4.35. The molecular weight excluding hydrogens is 468 g/mol. The van der Waals surface area contributed by atoms with Gasteiger partial charge in [-0.15, -0.1) is 0 Å². The number of fused-ring (bicyclic) bond motifs is 1. The van der Waals surface area contributed by atoms with Gasteiger partial charge in [0.2, 0.25) is 11.1 Å². The van der Waals surface area contributed by atoms with Crippen molar-refractivity contribution in [3.05, 3.63) is 78.6 Å². The first-order valence-electron chi connectivity index (χ1n) is 9.34. The molecule has 2 heterocycles. The third-order valence-electron chi connectivity index (χ3n) is 4.51. The highest BCUT2D eigenvalue weighted by molar-refractivity contribution is 7.21. The molecule has 172 valence electrons. The van der Waals surface area contributed by atoms with Gasteiger partial charge in [0.05, 0.1) is 23.0 Å². The van der Waals surface area contributed by atoms with Gasteiger partial charge in [0.25, 0.3) is 11.2 Å². The molecule has 0 unspecified atom stereocenters. The zero-order valence-corrected chi connectivity index (χ0v) is 18.1. The number of nitro benzene ring substituents is 2. The molecule has 0 saturated heterocycles. The lowest BCUT2D eigenvalue weighted by molar-refractivity contribution is -0.394. The second-order valence-electron chi connectivity index (χ2n) is 6.62. The van der Waals surface area contributed by atoms with E-state index in [0.717, 1.165) is 39.8 Å². The summed E-state index contributed by atoms with van der Waals surface area (Å²) in [5, 5.41) is 25.1. The van der Waals surface area contributed by atoms with Crippen molar-refractivity contribution in [2.45, 2.75) is 0 Å². The fourth-order valence-corrected chi connectivity index (χ4v) is 3.75. The van der Waals surface area contributed by atoms with Gasteiger partial charge in [0.15, 0.2) is 5.65 Å². The minimum Gasteiger partial charge on any atom is -0.497 e. The van der Waals surface area contributed by atoms with Crippen molar-refractivity contribution >= 4 is 50.4 Å². The number of rotatable bonds is 6. The molecule has 0 bridgehead atoms. The van der Waals surface area contributed by atoms with Gasteiger partial charge >= 0.3 is 5.69 Å². The van der Waals surface area contributed by atoms with Crippen LogP contribution in [0.2, 0.25) is 0 Å². The van der Waals surface area contributed by atoms with E-state index in [1.54, 1.807) is 31.4 Å². The number of ether oxygens (including phenoxy) is 1. The number of non-ortho nitro benzene ring substituents is 1. The zero-order valence-electron chi connectivity index (χ0n) is 17.2. The van der Waals surface area contributed by atoms with Crippen LogP contribution in [0, 0.1) is 20.2 Å². The number of nitrogens with two attached hydrogens (primary N) is 1. The van der Waals surface area contributed by atoms with Gasteiger partial charge in [-0.1, -0.05) is 11.3 Å². The molecule has 14 nitrogen and oxygen atoms in total. The quantitative estimate of drug-likeness (QED) is 0.181. The largest absolute Gasteiger partial charge is 0.497 e. The van der Waals surface area contributed by atoms with Crippen LogP contribution in [0.15, 0.2) is 57.2 Å². The molecule has 0 fully saturated rings. The van der Waals surface area contributed by atoms with Crippen LogP contribution in [-0.2, 0) is 0 Å². The van der Waals surface area contributed by atoms with Crippen LogP contribution >= 0.6 is 11.3 Å². The summed E-state index contributed by atoms with van der Waals surface area (Å²) >= 11 is 0.905. The minimum absolute atomic E-state index is 0.0986. The lowest BCUT2D eigenvalue weighted by atomic mass is 10.2. The second kappa shape index (κ2) is 8.91. The summed E-state index contributed by atoms with van der Waals surface area (Å²) in [7, 11) is 1.56. The number of hydrogen-bond acceptors (Lipinski definition) is 9. The topological polar surface area (TPSA) is 197 Å². The standard InChI is InChI=1S/C19H14N8O6S/c1-33-12-5-2-10(3-6-12)9-21-18(20)23-19-22-16-15(34-19)17(28)25(24-16)13-7-4-11(26(29)30)8-14(13)27(31)32/h2-9,24H,1H3,(H2,20,22,23)/b21-9-. The first-order chi connectivity index (χ1) is 16.3. The van der Waals surface area contributed by atoms with Crippen molar-refractivity contribution in [2.75, 3.05) is 7.11 Å². The molecule has 2 aromatic heterocycles. The second-order valence-corrected chi connectivity index (χ2v) is 7.59. The molecule has 15 heteroatoms. The number of thiazole rings is 1. The van der Waals surface area contributed by atoms with Crippen LogP contribution in [0.4, 0.5) is 16.5 Å². The fourth-order valence-electron chi connectivity index (χ4n) is 2.92. The van der Waals surface area contributed by atoms with E-state index < -0.39 is 26.8 Å². The van der Waals surface area contributed by atoms with Crippen molar-refractivity contribution < 1.29 is 14.6 Å². The molecule has 0 aliphatic rings. The van der Waals surface area contributed by atoms with Gasteiger partial charge in [0, 0.05) is 12.3 Å². The van der Waals surface area contributed by atoms with Crippen molar-refractivity contribution in [1.29, 1.82) is 0 Å². The van der Waals surface area contributed by atoms with E-state index in [2.05, 4.69) is 20.1 Å². The lowest BCUT2D eigenvalue weighted by Gasteiger charge is -2.02. The summed E-state index contributed by atoms with van der Waals surface area (Å²) in [6, 6.07) is 10.0. The van der Waals surface area contributed by atoms with Crippen LogP contribution in [0.25, 0.3) is 16.0 Å². The number of aromatic nitrogens is 3. The summed E-state index contributed by atoms with van der Waals surface area (Å²) in [5.41, 5.74) is 4.82. The van der Waals surface area contributed by atoms with Gasteiger partial charge in [-0.25, -0.2) is 9.67 Å². The lowest BCUT2D eigenvalue weighted by Crippen LogP contribution is -2.15. The molecule has 0 atom stereocenters. The Kier molecular flexibility index (Phi) is 5.84. The Hall–Kier alpha value is -4.92. The van der Waals surface area contributed by atoms with E-state index in [1.165, 1.54) is 6.21 Å². The number of benzene rings is 2. The van der Waals surface area contributed by atoms with Gasteiger partial charge in [0.1, 0.15) is 16.1 Å². The zero-order chi connectivity index (χ0) is 24.4. The summed E-state index contributed by atoms with van der Waals surface area (Å²) in [6.07, 6.45) is 1.50. The third-order valence-corrected chi connectivity index (χ3v) is 5.45. The maximum atomic E-state index is 12.8. The van der Waals surface area contributed by atoms with E-state index >= 15 is 0 Å². The summed E-state index contributed by atoms with van der Waals surface area (Å²) in [5.74, 6) is 0.597. The molecule has 0 spiro atoms. The normalized spacial score (nSPS) is 11.9. The molecule has 0 aliphatic heterocycles. The average molecular weight is 482 g/mol. The number of aliphatic imine (C=N–C) groups is 2. The number of methoxy groups -OCH3 is 1. The van der Waals surface area contributed by atoms with E-state index in [4.69, 9.17) is 10.5 Å². The molecule has 2 aromatic carbocycles. The Bertz CT molecular complexity index is 1530. The molecule has 3 N–H and O–H groups in total. The smallest absolute Gasteiger partial charge is 0.301 e. The summed E-state index contributed by atoms with van der Waals surface area (Å²) in [6.45, 7) is 0. The average Bonchev–Trinajstić information content (AvgIpc) is 3.35. The Balaban J connectivity index is 1.63. The number of guanidine groups is 1. The molecular formula is C19H14N8O6S. The van der Waals surface area contributed by atoms with Crippen molar-refractivity contribution in [3.8, 4) is 11.4 Å². The molecule has 0 aliphatic carbocycles. The van der Waals surface area contributed by atoms with Crippen LogP contribution in [0.5, 0.6) is 5.75 Å². The number of nitro groups is 2. The Morgan fingerprint density at radius 1 is 1.21 bits per heavy atom. The SMILES string of the molecule is COc1ccc(/C=N\C(N)=N\c2nc3[nH]n(-c4ccc([N+](=O)[O-])cc4[N+](=O)[O-])c(=O)c3s2)cc1. The summed E-state index contributed by atoms with van der Waals surface area (Å²) in [4.78, 5) is 45.8. The fraction of sp³-hybridized carbons (Fsp3) is 0.0526. The maximum Gasteiger partial charge on any atom is 0.301 e. The van der Waals surface area contributed by atoms with Crippen LogP contribution in [0.3, 0.4) is 0 Å². The summed E-state index contributed by atoms with van der Waals surface area (Å²) < 4.78 is 6.12. The first-order valence-corrected chi connectivity index (χ1v) is 10.2. The molecule has 0 radical (unpaired) electrons. The van der Waals surface area contributed by atoms with E-state index in [0.29, 0.717) is 5.75 Å². The van der Waals surface area contributed by atoms with Gasteiger partial charge in [-0.2, -0.15) is 9.98 Å². The van der Waals surface area contributed by atoms with Crippen molar-refractivity contribution in [3.63, 3.8) is 0 Å².